The van der Waals surface area contributed by atoms with E-state index in [-0.39, 0.29) is 5.97 Å². The molecule has 0 radical (unpaired) electrons. The van der Waals surface area contributed by atoms with Crippen molar-refractivity contribution in [2.24, 2.45) is 0 Å². The van der Waals surface area contributed by atoms with Crippen LogP contribution in [0.4, 0.5) is 5.82 Å². The van der Waals surface area contributed by atoms with Gasteiger partial charge in [0.2, 0.25) is 0 Å². The lowest BCUT2D eigenvalue weighted by Crippen LogP contribution is -2.08. The van der Waals surface area contributed by atoms with Crippen LogP contribution in [0.5, 0.6) is 0 Å². The zero-order valence-electron chi connectivity index (χ0n) is 12.1. The Morgan fingerprint density at radius 2 is 2.10 bits per heavy atom. The monoisotopic (exact) mass is 282 g/mol. The second kappa shape index (κ2) is 10.2. The number of unbranched alkanes of at least 4 members (excludes halogenated alkanes) is 1. The number of esters is 1. The molecule has 0 saturated carbocycles. The maximum Gasteiger partial charge on any atom is 0.338 e. The number of rotatable bonds is 10. The molecule has 0 amide bonds. The molecule has 6 heteroatoms. The van der Waals surface area contributed by atoms with Crippen LogP contribution in [-0.4, -0.2) is 51.5 Å². The highest BCUT2D eigenvalue weighted by molar-refractivity contribution is 5.89. The third-order valence-electron chi connectivity index (χ3n) is 2.63. The van der Waals surface area contributed by atoms with E-state index in [0.29, 0.717) is 24.6 Å². The summed E-state index contributed by atoms with van der Waals surface area (Å²) in [7, 11) is 3.02. The Labute approximate surface area is 119 Å². The first-order valence-electron chi connectivity index (χ1n) is 6.63. The van der Waals surface area contributed by atoms with Gasteiger partial charge in [-0.3, -0.25) is 0 Å². The molecule has 6 nitrogen and oxygen atoms in total. The minimum atomic E-state index is -0.359. The molecular weight excluding hydrogens is 260 g/mol. The quantitative estimate of drug-likeness (QED) is 0.520. The summed E-state index contributed by atoms with van der Waals surface area (Å²) in [5, 5.41) is 3.17. The molecule has 0 fully saturated rings. The fourth-order valence-electron chi connectivity index (χ4n) is 1.56. The lowest BCUT2D eigenvalue weighted by molar-refractivity contribution is 0.0600. The maximum absolute atomic E-state index is 11.4. The standard InChI is InChI=1S/C14H22N2O4/c1-18-9-10-20-8-4-3-6-15-13-11-12(5-7-16-13)14(17)19-2/h5,7,11H,3-4,6,8-10H2,1-2H3,(H,15,16). The highest BCUT2D eigenvalue weighted by Gasteiger charge is 2.05. The second-order valence-corrected chi connectivity index (χ2v) is 4.16. The average Bonchev–Trinajstić information content (AvgIpc) is 2.49. The number of carbonyl (C=O) groups is 1. The first kappa shape index (κ1) is 16.4. The van der Waals surface area contributed by atoms with Crippen molar-refractivity contribution in [3.63, 3.8) is 0 Å². The molecule has 1 aromatic heterocycles. The molecular formula is C14H22N2O4. The summed E-state index contributed by atoms with van der Waals surface area (Å²) >= 11 is 0. The molecule has 1 aromatic rings. The van der Waals surface area contributed by atoms with Crippen molar-refractivity contribution in [1.29, 1.82) is 0 Å². The second-order valence-electron chi connectivity index (χ2n) is 4.16. The van der Waals surface area contributed by atoms with Gasteiger partial charge in [-0.1, -0.05) is 0 Å². The van der Waals surface area contributed by atoms with Gasteiger partial charge in [-0.2, -0.15) is 0 Å². The highest BCUT2D eigenvalue weighted by Crippen LogP contribution is 2.08. The molecule has 20 heavy (non-hydrogen) atoms. The lowest BCUT2D eigenvalue weighted by Gasteiger charge is -2.07. The number of pyridine rings is 1. The van der Waals surface area contributed by atoms with E-state index in [4.69, 9.17) is 9.47 Å². The molecule has 112 valence electrons. The molecule has 0 aliphatic carbocycles. The van der Waals surface area contributed by atoms with Crippen LogP contribution in [0.2, 0.25) is 0 Å². The van der Waals surface area contributed by atoms with Crippen molar-refractivity contribution in [3.05, 3.63) is 23.9 Å². The lowest BCUT2D eigenvalue weighted by atomic mass is 10.2. The fraction of sp³-hybridized carbons (Fsp3) is 0.571. The number of ether oxygens (including phenoxy) is 3. The number of nitrogens with one attached hydrogen (secondary N) is 1. The van der Waals surface area contributed by atoms with Crippen LogP contribution in [0, 0.1) is 0 Å². The molecule has 0 unspecified atom stereocenters. The summed E-state index contributed by atoms with van der Waals surface area (Å²) in [6.45, 7) is 2.76. The van der Waals surface area contributed by atoms with Crippen LogP contribution in [-0.2, 0) is 14.2 Å². The van der Waals surface area contributed by atoms with E-state index in [1.54, 1.807) is 25.4 Å². The van der Waals surface area contributed by atoms with Crippen LogP contribution in [0.3, 0.4) is 0 Å². The van der Waals surface area contributed by atoms with Crippen molar-refractivity contribution >= 4 is 11.8 Å². The fourth-order valence-corrected chi connectivity index (χ4v) is 1.56. The van der Waals surface area contributed by atoms with Gasteiger partial charge in [-0.15, -0.1) is 0 Å². The molecule has 0 spiro atoms. The van der Waals surface area contributed by atoms with Crippen LogP contribution in [0.15, 0.2) is 18.3 Å². The summed E-state index contributed by atoms with van der Waals surface area (Å²) in [6, 6.07) is 3.31. The summed E-state index contributed by atoms with van der Waals surface area (Å²) in [6.07, 6.45) is 3.52. The molecule has 0 aliphatic rings. The minimum Gasteiger partial charge on any atom is -0.465 e. The van der Waals surface area contributed by atoms with E-state index in [0.717, 1.165) is 26.0 Å². The third-order valence-corrected chi connectivity index (χ3v) is 2.63. The topological polar surface area (TPSA) is 69.7 Å². The predicted octanol–water partition coefficient (Wildman–Crippen LogP) is 1.72. The molecule has 0 atom stereocenters. The smallest absolute Gasteiger partial charge is 0.338 e. The van der Waals surface area contributed by atoms with Crippen molar-refractivity contribution in [3.8, 4) is 0 Å². The Balaban J connectivity index is 2.17. The van der Waals surface area contributed by atoms with E-state index in [1.165, 1.54) is 7.11 Å². The SMILES string of the molecule is COCCOCCCCNc1cc(C(=O)OC)ccn1. The molecule has 1 N–H and O–H groups in total. The molecule has 0 aliphatic heterocycles. The van der Waals surface area contributed by atoms with E-state index in [1.807, 2.05) is 0 Å². The molecule has 0 bridgehead atoms. The van der Waals surface area contributed by atoms with Crippen molar-refractivity contribution in [2.45, 2.75) is 12.8 Å². The predicted molar refractivity (Wildman–Crippen MR) is 76.0 cm³/mol. The van der Waals surface area contributed by atoms with Gasteiger partial charge in [0.15, 0.2) is 0 Å². The van der Waals surface area contributed by atoms with E-state index < -0.39 is 0 Å². The van der Waals surface area contributed by atoms with Gasteiger partial charge in [0.25, 0.3) is 0 Å². The number of nitrogens with zero attached hydrogens (tertiary/aromatic N) is 1. The first-order chi connectivity index (χ1) is 9.77. The van der Waals surface area contributed by atoms with E-state index in [2.05, 4.69) is 15.0 Å². The average molecular weight is 282 g/mol. The van der Waals surface area contributed by atoms with Crippen LogP contribution < -0.4 is 5.32 Å². The van der Waals surface area contributed by atoms with Gasteiger partial charge in [-0.05, 0) is 25.0 Å². The Kier molecular flexibility index (Phi) is 8.33. The van der Waals surface area contributed by atoms with Gasteiger partial charge in [0.05, 0.1) is 25.9 Å². The van der Waals surface area contributed by atoms with Gasteiger partial charge < -0.3 is 19.5 Å². The van der Waals surface area contributed by atoms with Gasteiger partial charge in [0.1, 0.15) is 5.82 Å². The number of hydrogen-bond donors (Lipinski definition) is 1. The first-order valence-corrected chi connectivity index (χ1v) is 6.63. The Morgan fingerprint density at radius 3 is 2.85 bits per heavy atom. The number of aromatic nitrogens is 1. The number of anilines is 1. The zero-order valence-corrected chi connectivity index (χ0v) is 12.1. The van der Waals surface area contributed by atoms with Gasteiger partial charge in [0, 0.05) is 26.5 Å². The summed E-state index contributed by atoms with van der Waals surface area (Å²) in [4.78, 5) is 15.5. The molecule has 0 saturated heterocycles. The van der Waals surface area contributed by atoms with Crippen LogP contribution >= 0.6 is 0 Å². The zero-order chi connectivity index (χ0) is 14.6. The largest absolute Gasteiger partial charge is 0.465 e. The van der Waals surface area contributed by atoms with E-state index >= 15 is 0 Å². The molecule has 1 rings (SSSR count). The van der Waals surface area contributed by atoms with E-state index in [9.17, 15) is 4.79 Å². The Bertz CT molecular complexity index is 399. The maximum atomic E-state index is 11.4. The Morgan fingerprint density at radius 1 is 1.25 bits per heavy atom. The number of methoxy groups -OCH3 is 2. The minimum absolute atomic E-state index is 0.359. The molecule has 0 aromatic carbocycles. The van der Waals surface area contributed by atoms with Crippen molar-refractivity contribution in [1.82, 2.24) is 4.98 Å². The highest BCUT2D eigenvalue weighted by atomic mass is 16.5. The van der Waals surface area contributed by atoms with Crippen molar-refractivity contribution < 1.29 is 19.0 Å². The molecule has 1 heterocycles. The summed E-state index contributed by atoms with van der Waals surface area (Å²) in [5.41, 5.74) is 0.493. The van der Waals surface area contributed by atoms with Crippen LogP contribution in [0.25, 0.3) is 0 Å². The summed E-state index contributed by atoms with van der Waals surface area (Å²) in [5.74, 6) is 0.315. The third kappa shape index (κ3) is 6.49. The Hall–Kier alpha value is -1.66. The van der Waals surface area contributed by atoms with Gasteiger partial charge >= 0.3 is 5.97 Å². The van der Waals surface area contributed by atoms with Gasteiger partial charge in [-0.25, -0.2) is 9.78 Å². The normalized spacial score (nSPS) is 10.3. The summed E-state index contributed by atoms with van der Waals surface area (Å²) < 4.78 is 14.9. The number of hydrogen-bond acceptors (Lipinski definition) is 6. The van der Waals surface area contributed by atoms with Crippen LogP contribution in [0.1, 0.15) is 23.2 Å². The number of carbonyl (C=O) groups excluding carboxylic acids is 1. The van der Waals surface area contributed by atoms with Crippen molar-refractivity contribution in [2.75, 3.05) is 45.9 Å².